The van der Waals surface area contributed by atoms with E-state index in [1.54, 1.807) is 6.07 Å². The maximum Gasteiger partial charge on any atom is 0.416 e. The maximum absolute atomic E-state index is 14.5. The topological polar surface area (TPSA) is 107 Å². The molecule has 1 aliphatic heterocycles. The SMILES string of the molecule is CCC/C(=C\c1ccc(O)c2ccccc12)CC[C@@H](O)C1=C(CO[Si](c2ccccc2)(c2ccccc2)C(C)(C)C)C[C@H]2C(=O)N(c3cc(C(F)(F)F)cc(C(F)(F)F)c3)C(=O)[C@H]2[C@H]1CO. The van der Waals surface area contributed by atoms with E-state index in [9.17, 15) is 51.3 Å². The van der Waals surface area contributed by atoms with Gasteiger partial charge in [-0.15, -0.1) is 0 Å². The number of carbonyl (C=O) groups excluding carboxylic acids is 2. The van der Waals surface area contributed by atoms with Gasteiger partial charge in [-0.2, -0.15) is 26.3 Å². The fourth-order valence-electron chi connectivity index (χ4n) is 10.1. The van der Waals surface area contributed by atoms with Gasteiger partial charge in [0.1, 0.15) is 5.75 Å². The molecule has 1 heterocycles. The minimum absolute atomic E-state index is 0.0697. The van der Waals surface area contributed by atoms with Gasteiger partial charge in [0.2, 0.25) is 11.8 Å². The summed E-state index contributed by atoms with van der Waals surface area (Å²) in [5, 5.41) is 37.1. The lowest BCUT2D eigenvalue weighted by atomic mass is 9.68. The number of aromatic hydroxyl groups is 1. The molecule has 1 fully saturated rings. The predicted molar refractivity (Wildman–Crippen MR) is 245 cm³/mol. The van der Waals surface area contributed by atoms with E-state index in [-0.39, 0.29) is 36.8 Å². The van der Waals surface area contributed by atoms with Gasteiger partial charge in [-0.25, -0.2) is 4.90 Å². The fraction of sp³-hybridized carbons (Fsp3) is 0.346. The third-order valence-electron chi connectivity index (χ3n) is 13.1. The number of benzene rings is 5. The lowest BCUT2D eigenvalue weighted by Crippen LogP contribution is -2.66. The van der Waals surface area contributed by atoms with Gasteiger partial charge in [-0.3, -0.25) is 9.59 Å². The zero-order valence-electron chi connectivity index (χ0n) is 37.1. The molecule has 14 heteroatoms. The summed E-state index contributed by atoms with van der Waals surface area (Å²) < 4.78 is 91.7. The van der Waals surface area contributed by atoms with E-state index in [1.165, 1.54) is 0 Å². The predicted octanol–water partition coefficient (Wildman–Crippen LogP) is 10.6. The number of alkyl halides is 6. The van der Waals surface area contributed by atoms with Gasteiger partial charge in [0.05, 0.1) is 48.0 Å². The molecule has 0 saturated carbocycles. The van der Waals surface area contributed by atoms with Crippen LogP contribution in [0.2, 0.25) is 5.04 Å². The van der Waals surface area contributed by atoms with E-state index in [0.717, 1.165) is 33.3 Å². The first-order chi connectivity index (χ1) is 31.2. The number of fused-ring (bicyclic) bond motifs is 2. The number of phenolic OH excluding ortho intramolecular Hbond substituents is 1. The van der Waals surface area contributed by atoms with Crippen LogP contribution in [-0.2, 0) is 26.4 Å². The molecule has 1 saturated heterocycles. The molecule has 3 N–H and O–H groups in total. The lowest BCUT2D eigenvalue weighted by molar-refractivity contribution is -0.143. The number of hydrogen-bond donors (Lipinski definition) is 3. The number of rotatable bonds is 14. The van der Waals surface area contributed by atoms with Crippen LogP contribution < -0.4 is 15.3 Å². The number of carbonyl (C=O) groups is 2. The zero-order chi connectivity index (χ0) is 47.8. The van der Waals surface area contributed by atoms with Gasteiger partial charge in [-0.1, -0.05) is 137 Å². The molecule has 2 amide bonds. The van der Waals surface area contributed by atoms with E-state index in [4.69, 9.17) is 4.43 Å². The Morgan fingerprint density at radius 1 is 0.788 bits per heavy atom. The van der Waals surface area contributed by atoms with E-state index >= 15 is 0 Å². The molecule has 0 bridgehead atoms. The Labute approximate surface area is 381 Å². The lowest BCUT2D eigenvalue weighted by Gasteiger charge is -2.44. The second-order valence-corrected chi connectivity index (χ2v) is 22.5. The van der Waals surface area contributed by atoms with Gasteiger partial charge in [0.15, 0.2) is 0 Å². The first kappa shape index (κ1) is 48.4. The molecule has 348 valence electrons. The number of anilines is 1. The van der Waals surface area contributed by atoms with Crippen molar-refractivity contribution in [2.75, 3.05) is 18.1 Å². The normalized spacial score (nSPS) is 19.2. The van der Waals surface area contributed by atoms with E-state index < -0.39 is 84.8 Å². The number of halogens is 6. The van der Waals surface area contributed by atoms with Gasteiger partial charge >= 0.3 is 12.4 Å². The summed E-state index contributed by atoms with van der Waals surface area (Å²) in [6.45, 7) is 7.28. The van der Waals surface area contributed by atoms with Crippen molar-refractivity contribution in [2.24, 2.45) is 17.8 Å². The van der Waals surface area contributed by atoms with Gasteiger partial charge in [0.25, 0.3) is 8.32 Å². The first-order valence-corrected chi connectivity index (χ1v) is 23.9. The van der Waals surface area contributed by atoms with Crippen molar-refractivity contribution in [3.63, 3.8) is 0 Å². The van der Waals surface area contributed by atoms with Crippen LogP contribution in [-0.4, -0.2) is 54.8 Å². The Hall–Kier alpha value is -5.54. The summed E-state index contributed by atoms with van der Waals surface area (Å²) in [5.74, 6) is -5.91. The Morgan fingerprint density at radius 2 is 1.35 bits per heavy atom. The molecule has 66 heavy (non-hydrogen) atoms. The monoisotopic (exact) mass is 929 g/mol. The van der Waals surface area contributed by atoms with Crippen molar-refractivity contribution in [3.8, 4) is 5.75 Å². The summed E-state index contributed by atoms with van der Waals surface area (Å²) in [4.78, 5) is 29.3. The standard InChI is InChI=1S/C52H53F6NO6Si/c1-5-14-32(25-33-22-24-44(61)41-20-13-12-19-40(33)41)21-23-45(62)46-34(31-65-66(50(2,3)4,38-15-8-6-9-16-38)39-17-10-7-11-18-39)26-42-47(43(46)30-60)49(64)59(48(42)63)37-28-35(51(53,54)55)27-36(29-37)52(56,57)58/h6-13,15-20,22,24-25,27-29,42-43,45,47,60-62H,5,14,21,23,26,30-31H2,1-4H3/b32-25+/t42-,43+,45-,47-/m1/s1. The maximum atomic E-state index is 14.5. The van der Waals surface area contributed by atoms with Crippen LogP contribution >= 0.6 is 0 Å². The molecule has 5 aromatic carbocycles. The van der Waals surface area contributed by atoms with E-state index in [0.29, 0.717) is 40.8 Å². The number of aliphatic hydroxyl groups is 2. The molecule has 7 nitrogen and oxygen atoms in total. The average molecular weight is 930 g/mol. The van der Waals surface area contributed by atoms with Crippen LogP contribution in [0.3, 0.4) is 0 Å². The van der Waals surface area contributed by atoms with Crippen LogP contribution in [0.4, 0.5) is 32.0 Å². The molecule has 4 atom stereocenters. The average Bonchev–Trinajstić information content (AvgIpc) is 3.53. The van der Waals surface area contributed by atoms with Gasteiger partial charge < -0.3 is 19.7 Å². The Balaban J connectivity index is 1.33. The third-order valence-corrected chi connectivity index (χ3v) is 18.0. The summed E-state index contributed by atoms with van der Waals surface area (Å²) in [5.41, 5.74) is -1.77. The number of phenols is 1. The number of allylic oxidation sites excluding steroid dienone is 1. The minimum atomic E-state index is -5.24. The number of amides is 2. The largest absolute Gasteiger partial charge is 0.507 e. The summed E-state index contributed by atoms with van der Waals surface area (Å²) >= 11 is 0. The summed E-state index contributed by atoms with van der Waals surface area (Å²) in [6, 6.07) is 30.9. The zero-order valence-corrected chi connectivity index (χ0v) is 38.1. The summed E-state index contributed by atoms with van der Waals surface area (Å²) in [7, 11) is -3.31. The molecule has 0 aromatic heterocycles. The van der Waals surface area contributed by atoms with Crippen LogP contribution in [0.25, 0.3) is 16.8 Å². The molecule has 0 unspecified atom stereocenters. The van der Waals surface area contributed by atoms with Crippen molar-refractivity contribution in [1.29, 1.82) is 0 Å². The highest BCUT2D eigenvalue weighted by molar-refractivity contribution is 6.99. The molecule has 0 spiro atoms. The number of hydrogen-bond acceptors (Lipinski definition) is 6. The fourth-order valence-corrected chi connectivity index (χ4v) is 14.6. The summed E-state index contributed by atoms with van der Waals surface area (Å²) in [6.07, 6.45) is -8.14. The van der Waals surface area contributed by atoms with Crippen molar-refractivity contribution in [1.82, 2.24) is 0 Å². The van der Waals surface area contributed by atoms with Crippen molar-refractivity contribution < 1.29 is 55.7 Å². The Kier molecular flexibility index (Phi) is 13.9. The smallest absolute Gasteiger partial charge is 0.416 e. The van der Waals surface area contributed by atoms with Crippen LogP contribution in [0, 0.1) is 17.8 Å². The number of imide groups is 1. The molecule has 1 aliphatic carbocycles. The van der Waals surface area contributed by atoms with Crippen LogP contribution in [0.5, 0.6) is 5.75 Å². The Morgan fingerprint density at radius 3 is 1.88 bits per heavy atom. The molecule has 0 radical (unpaired) electrons. The minimum Gasteiger partial charge on any atom is -0.507 e. The molecular weight excluding hydrogens is 877 g/mol. The molecule has 5 aromatic rings. The van der Waals surface area contributed by atoms with Crippen molar-refractivity contribution in [3.05, 3.63) is 149 Å². The molecule has 7 rings (SSSR count). The Bertz CT molecular complexity index is 2570. The molecular formula is C52H53F6NO6Si. The van der Waals surface area contributed by atoms with Crippen molar-refractivity contribution in [2.45, 2.75) is 83.3 Å². The quantitative estimate of drug-likeness (QED) is 0.0443. The van der Waals surface area contributed by atoms with E-state index in [2.05, 4.69) is 20.8 Å². The third kappa shape index (κ3) is 9.38. The van der Waals surface area contributed by atoms with Crippen LogP contribution in [0.1, 0.15) is 76.5 Å². The van der Waals surface area contributed by atoms with Crippen LogP contribution in [0.15, 0.2) is 132 Å². The van der Waals surface area contributed by atoms with Crippen molar-refractivity contribution >= 4 is 53.0 Å². The highest BCUT2D eigenvalue weighted by atomic mass is 28.4. The number of aliphatic hydroxyl groups excluding tert-OH is 2. The van der Waals surface area contributed by atoms with Gasteiger partial charge in [0, 0.05) is 11.3 Å². The van der Waals surface area contributed by atoms with Gasteiger partial charge in [-0.05, 0) is 87.5 Å². The second-order valence-electron chi connectivity index (χ2n) is 18.2. The first-order valence-electron chi connectivity index (χ1n) is 22.0. The number of nitrogens with zero attached hydrogens (tertiary/aromatic N) is 1. The second kappa shape index (κ2) is 19.0. The molecule has 2 aliphatic rings. The highest BCUT2D eigenvalue weighted by Gasteiger charge is 2.57. The van der Waals surface area contributed by atoms with E-state index in [1.807, 2.05) is 104 Å². The highest BCUT2D eigenvalue weighted by Crippen LogP contribution is 2.49.